The van der Waals surface area contributed by atoms with Crippen LogP contribution in [0.15, 0.2) is 64.5 Å². The molecule has 0 amide bonds. The molecule has 2 atom stereocenters. The summed E-state index contributed by atoms with van der Waals surface area (Å²) < 4.78 is 72.1. The van der Waals surface area contributed by atoms with Crippen LogP contribution >= 0.6 is 34.7 Å². The summed E-state index contributed by atoms with van der Waals surface area (Å²) in [7, 11) is -8.74. The molecule has 1 aromatic heterocycles. The van der Waals surface area contributed by atoms with Gasteiger partial charge >= 0.3 is 10.1 Å². The van der Waals surface area contributed by atoms with Crippen LogP contribution in [-0.4, -0.2) is 68.1 Å². The Bertz CT molecular complexity index is 1970. The molecular weight excluding hydrogens is 674 g/mol. The Labute approximate surface area is 278 Å². The summed E-state index contributed by atoms with van der Waals surface area (Å²) in [5.41, 5.74) is 1.66. The third kappa shape index (κ3) is 6.97. The number of quaternary nitrogens is 1. The Balaban J connectivity index is 0.000000515. The molecule has 3 heterocycles. The molecule has 3 aromatic carbocycles. The van der Waals surface area contributed by atoms with Crippen LogP contribution in [-0.2, 0) is 26.8 Å². The summed E-state index contributed by atoms with van der Waals surface area (Å²) in [5.74, 6) is -0.495. The lowest BCUT2D eigenvalue weighted by atomic mass is 10.0. The molecule has 6 rings (SSSR count). The van der Waals surface area contributed by atoms with Gasteiger partial charge in [-0.25, -0.2) is 12.9 Å². The van der Waals surface area contributed by atoms with Crippen LogP contribution < -0.4 is 9.05 Å². The number of hydrogen-bond donors (Lipinski definition) is 1. The first kappa shape index (κ1) is 34.3. The van der Waals surface area contributed by atoms with Crippen molar-refractivity contribution in [2.45, 2.75) is 50.4 Å². The van der Waals surface area contributed by atoms with E-state index >= 15 is 0 Å². The van der Waals surface area contributed by atoms with Gasteiger partial charge < -0.3 is 9.45 Å². The summed E-state index contributed by atoms with van der Waals surface area (Å²) in [6, 6.07) is 17.2. The van der Waals surface area contributed by atoms with Crippen LogP contribution in [0.3, 0.4) is 0 Å². The molecule has 1 N–H and O–H groups in total. The monoisotopic (exact) mass is 710 g/mol. The van der Waals surface area contributed by atoms with Gasteiger partial charge in [0.15, 0.2) is 17.3 Å². The number of halogens is 1. The Morgan fingerprint density at radius 2 is 1.78 bits per heavy atom. The van der Waals surface area contributed by atoms with E-state index in [1.54, 1.807) is 12.1 Å². The molecule has 2 unspecified atom stereocenters. The summed E-state index contributed by atoms with van der Waals surface area (Å²) in [6.45, 7) is 10.9. The molecule has 0 bridgehead atoms. The fourth-order valence-electron chi connectivity index (χ4n) is 6.14. The fourth-order valence-corrected chi connectivity index (χ4v) is 10.6. The van der Waals surface area contributed by atoms with E-state index in [0.29, 0.717) is 18.0 Å². The van der Waals surface area contributed by atoms with Gasteiger partial charge in [0.25, 0.3) is 5.01 Å². The molecule has 1 saturated heterocycles. The molecule has 1 spiro atoms. The highest BCUT2D eigenvalue weighted by atomic mass is 35.5. The first-order valence-electron chi connectivity index (χ1n) is 14.9. The van der Waals surface area contributed by atoms with Crippen molar-refractivity contribution in [2.24, 2.45) is 0 Å². The van der Waals surface area contributed by atoms with Crippen LogP contribution in [0.5, 0.6) is 0 Å². The van der Waals surface area contributed by atoms with Crippen molar-refractivity contribution < 1.29 is 30.5 Å². The number of thiazole rings is 1. The second-order valence-corrected chi connectivity index (χ2v) is 16.7. The largest absolute Gasteiger partial charge is 0.748 e. The van der Waals surface area contributed by atoms with Gasteiger partial charge in [0.2, 0.25) is 10.9 Å². The molecule has 0 saturated carbocycles. The zero-order chi connectivity index (χ0) is 32.6. The first-order valence-corrected chi connectivity index (χ1v) is 20.0. The molecule has 242 valence electrons. The van der Waals surface area contributed by atoms with Crippen molar-refractivity contribution in [3.8, 4) is 0 Å². The maximum atomic E-state index is 12.6. The van der Waals surface area contributed by atoms with Crippen LogP contribution in [0.2, 0.25) is 5.02 Å². The Hall–Kier alpha value is -2.07. The Morgan fingerprint density at radius 1 is 1.07 bits per heavy atom. The number of thioether (sulfide) groups is 1. The number of benzene rings is 3. The highest BCUT2D eigenvalue weighted by molar-refractivity contribution is 8.03. The SMILES string of the molecule is CCN(CC)CC.O=S(=O)([O-])CCC[n+]1c(C=C2Sc3ccc4ccccc4c3[N+]23CCC3S(=O)(=O)O)sc2ccc(Cl)cc21. The lowest BCUT2D eigenvalue weighted by Gasteiger charge is -2.47. The standard InChI is InChI=1S/C25H21ClN2O6S4.C6H15N/c26-17-7-9-20-19(14-17)27(11-3-13-37(29,30)31)22(35-20)15-23-28(12-10-24(28)38(32,33)34)25-18-5-2-1-4-16(18)6-8-21(25)36-23;1-4-7(5-2)6-3/h1-2,4-9,14-15,24H,3,10-13H2;4-6H2,1-3H3/p+1. The Kier molecular flexibility index (Phi) is 10.3. The van der Waals surface area contributed by atoms with Crippen LogP contribution in [0.4, 0.5) is 5.69 Å². The van der Waals surface area contributed by atoms with Crippen molar-refractivity contribution in [3.63, 3.8) is 0 Å². The normalized spacial score (nSPS) is 20.5. The van der Waals surface area contributed by atoms with E-state index in [2.05, 4.69) is 25.7 Å². The maximum absolute atomic E-state index is 12.6. The number of aromatic nitrogens is 1. The van der Waals surface area contributed by atoms with Gasteiger partial charge in [-0.1, -0.05) is 68.0 Å². The van der Waals surface area contributed by atoms with E-state index in [9.17, 15) is 25.9 Å². The minimum atomic E-state index is -4.37. The third-order valence-electron chi connectivity index (χ3n) is 8.49. The first-order chi connectivity index (χ1) is 21.3. The number of hydrogen-bond acceptors (Lipinski definition) is 8. The smallest absolute Gasteiger partial charge is 0.320 e. The third-order valence-corrected chi connectivity index (χ3v) is 13.1. The van der Waals surface area contributed by atoms with E-state index in [4.69, 9.17) is 11.6 Å². The molecule has 9 nitrogen and oxygen atoms in total. The van der Waals surface area contributed by atoms with Crippen molar-refractivity contribution in [3.05, 3.63) is 69.7 Å². The van der Waals surface area contributed by atoms with Crippen LogP contribution in [0.1, 0.15) is 38.6 Å². The average Bonchev–Trinajstić information content (AvgIpc) is 3.48. The van der Waals surface area contributed by atoms with Gasteiger partial charge in [0.05, 0.1) is 34.1 Å². The minimum absolute atomic E-state index is 0.00409. The molecular formula is C31H37ClN3O6S4+. The fraction of sp³-hybridized carbons (Fsp3) is 0.387. The number of nitrogens with zero attached hydrogens (tertiary/aromatic N) is 3. The summed E-state index contributed by atoms with van der Waals surface area (Å²) in [4.78, 5) is 3.30. The summed E-state index contributed by atoms with van der Waals surface area (Å²) >= 11 is 9.21. The van der Waals surface area contributed by atoms with E-state index in [-0.39, 0.29) is 17.4 Å². The van der Waals surface area contributed by atoms with Crippen molar-refractivity contribution >= 4 is 87.7 Å². The highest BCUT2D eigenvalue weighted by Gasteiger charge is 2.62. The summed E-state index contributed by atoms with van der Waals surface area (Å²) in [6.07, 6.45) is 2.38. The topological polar surface area (TPSA) is 119 Å². The van der Waals surface area contributed by atoms with Crippen molar-refractivity contribution in [1.29, 1.82) is 0 Å². The van der Waals surface area contributed by atoms with Gasteiger partial charge in [-0.3, -0.25) is 4.55 Å². The number of rotatable bonds is 9. The van der Waals surface area contributed by atoms with E-state index in [1.165, 1.54) is 42.7 Å². The molecule has 45 heavy (non-hydrogen) atoms. The minimum Gasteiger partial charge on any atom is -0.748 e. The van der Waals surface area contributed by atoms with E-state index in [0.717, 1.165) is 41.6 Å². The quantitative estimate of drug-likeness (QED) is 0.122. The van der Waals surface area contributed by atoms with E-state index < -0.39 is 31.4 Å². The zero-order valence-electron chi connectivity index (χ0n) is 25.3. The predicted octanol–water partition coefficient (Wildman–Crippen LogP) is 6.31. The highest BCUT2D eigenvalue weighted by Crippen LogP contribution is 2.60. The number of fused-ring (bicyclic) bond motifs is 5. The van der Waals surface area contributed by atoms with Crippen molar-refractivity contribution in [1.82, 2.24) is 9.38 Å². The van der Waals surface area contributed by atoms with Gasteiger partial charge in [0.1, 0.15) is 4.70 Å². The molecule has 14 heteroatoms. The Morgan fingerprint density at radius 3 is 2.38 bits per heavy atom. The van der Waals surface area contributed by atoms with Crippen LogP contribution in [0, 0.1) is 0 Å². The van der Waals surface area contributed by atoms with Crippen molar-refractivity contribution in [2.75, 3.05) is 31.9 Å². The van der Waals surface area contributed by atoms with Gasteiger partial charge in [-0.05, 0) is 61.0 Å². The predicted molar refractivity (Wildman–Crippen MR) is 184 cm³/mol. The molecule has 1 fully saturated rings. The molecule has 2 aliphatic heterocycles. The van der Waals surface area contributed by atoms with Gasteiger partial charge in [-0.2, -0.15) is 13.0 Å². The second kappa shape index (κ2) is 13.6. The van der Waals surface area contributed by atoms with Gasteiger partial charge in [0, 0.05) is 28.6 Å². The molecule has 4 aromatic rings. The molecule has 0 aliphatic carbocycles. The zero-order valence-corrected chi connectivity index (χ0v) is 29.4. The molecule has 0 radical (unpaired) electrons. The molecule has 2 aliphatic rings. The maximum Gasteiger partial charge on any atom is 0.320 e. The number of aryl methyl sites for hydroxylation is 1. The lowest BCUT2D eigenvalue weighted by Crippen LogP contribution is -2.66. The average molecular weight is 711 g/mol. The lowest BCUT2D eigenvalue weighted by molar-refractivity contribution is -0.668. The second-order valence-electron chi connectivity index (χ2n) is 11.0. The van der Waals surface area contributed by atoms with Crippen LogP contribution in [0.25, 0.3) is 27.1 Å². The summed E-state index contributed by atoms with van der Waals surface area (Å²) in [5, 5.41) is 2.93. The van der Waals surface area contributed by atoms with E-state index in [1.807, 2.05) is 53.1 Å². The van der Waals surface area contributed by atoms with Gasteiger partial charge in [-0.15, -0.1) is 0 Å².